The molecule has 0 radical (unpaired) electrons. The number of hydrogen-bond donors (Lipinski definition) is 3. The van der Waals surface area contributed by atoms with Crippen LogP contribution in [0.4, 0.5) is 0 Å². The van der Waals surface area contributed by atoms with E-state index in [0.29, 0.717) is 5.39 Å². The number of carbonyl (C=O) groups excluding carboxylic acids is 1. The van der Waals surface area contributed by atoms with Crippen molar-refractivity contribution in [3.8, 4) is 5.75 Å². The number of pyridine rings is 2. The van der Waals surface area contributed by atoms with E-state index in [-0.39, 0.29) is 23.0 Å². The van der Waals surface area contributed by atoms with Gasteiger partial charge in [0.2, 0.25) is 0 Å². The smallest absolute Gasteiger partial charge is 0.266 e. The summed E-state index contributed by atoms with van der Waals surface area (Å²) in [5, 5.41) is 13.4. The van der Waals surface area contributed by atoms with E-state index < -0.39 is 11.5 Å². The van der Waals surface area contributed by atoms with Gasteiger partial charge < -0.3 is 15.4 Å². The van der Waals surface area contributed by atoms with Gasteiger partial charge in [0.05, 0.1) is 5.39 Å². The van der Waals surface area contributed by atoms with E-state index in [1.165, 1.54) is 12.6 Å². The molecule has 0 aliphatic heterocycles. The van der Waals surface area contributed by atoms with Crippen LogP contribution < -0.4 is 10.9 Å². The Morgan fingerprint density at radius 3 is 2.86 bits per heavy atom. The lowest BCUT2D eigenvalue weighted by Crippen LogP contribution is -2.38. The van der Waals surface area contributed by atoms with Crippen LogP contribution in [0.15, 0.2) is 23.1 Å². The number of aromatic amines is 1. The lowest BCUT2D eigenvalue weighted by molar-refractivity contribution is 0.0923. The molecule has 0 aromatic carbocycles. The fraction of sp³-hybridized carbons (Fsp3) is 0.400. The molecule has 3 N–H and O–H groups in total. The molecule has 6 nitrogen and oxygen atoms in total. The highest BCUT2D eigenvalue weighted by Crippen LogP contribution is 2.24. The maximum absolute atomic E-state index is 12.3. The molecule has 0 bridgehead atoms. The maximum atomic E-state index is 12.3. The van der Waals surface area contributed by atoms with Gasteiger partial charge in [0.1, 0.15) is 17.0 Å². The number of aromatic nitrogens is 2. The zero-order valence-corrected chi connectivity index (χ0v) is 11.6. The first-order chi connectivity index (χ1) is 10.2. The van der Waals surface area contributed by atoms with Gasteiger partial charge in [0, 0.05) is 12.2 Å². The van der Waals surface area contributed by atoms with Crippen LogP contribution in [0.1, 0.15) is 42.5 Å². The van der Waals surface area contributed by atoms with E-state index in [9.17, 15) is 14.7 Å². The Bertz CT molecular complexity index is 733. The van der Waals surface area contributed by atoms with Gasteiger partial charge in [-0.2, -0.15) is 0 Å². The van der Waals surface area contributed by atoms with Crippen LogP contribution in [-0.4, -0.2) is 27.0 Å². The first-order valence-corrected chi connectivity index (χ1v) is 7.17. The van der Waals surface area contributed by atoms with Crippen molar-refractivity contribution >= 4 is 16.9 Å². The molecule has 6 heteroatoms. The Kier molecular flexibility index (Phi) is 3.60. The molecule has 0 spiro atoms. The maximum Gasteiger partial charge on any atom is 0.266 e. The van der Waals surface area contributed by atoms with Crippen molar-refractivity contribution in [3.05, 3.63) is 34.2 Å². The highest BCUT2D eigenvalue weighted by Gasteiger charge is 2.22. The SMILES string of the molecule is O=C(NC1CCCCC1)c1c(O)c2cccnc2[nH]c1=O. The minimum atomic E-state index is -0.619. The summed E-state index contributed by atoms with van der Waals surface area (Å²) in [6.45, 7) is 0. The predicted molar refractivity (Wildman–Crippen MR) is 78.4 cm³/mol. The van der Waals surface area contributed by atoms with Crippen LogP contribution in [0, 0.1) is 0 Å². The van der Waals surface area contributed by atoms with Crippen molar-refractivity contribution in [2.45, 2.75) is 38.1 Å². The standard InChI is InChI=1S/C15H17N3O3/c19-12-10-7-4-8-16-13(10)18-15(21)11(12)14(20)17-9-5-2-1-3-6-9/h4,7-9H,1-3,5-6H2,(H,17,20)(H2,16,18,19,21). The third-order valence-electron chi connectivity index (χ3n) is 3.93. The van der Waals surface area contributed by atoms with Gasteiger partial charge in [-0.15, -0.1) is 0 Å². The first-order valence-electron chi connectivity index (χ1n) is 7.17. The van der Waals surface area contributed by atoms with Crippen LogP contribution in [0.25, 0.3) is 11.0 Å². The number of nitrogens with one attached hydrogen (secondary N) is 2. The largest absolute Gasteiger partial charge is 0.506 e. The molecular weight excluding hydrogens is 270 g/mol. The molecule has 0 unspecified atom stereocenters. The molecule has 1 fully saturated rings. The second kappa shape index (κ2) is 5.55. The Morgan fingerprint density at radius 2 is 2.10 bits per heavy atom. The van der Waals surface area contributed by atoms with E-state index in [1.54, 1.807) is 12.1 Å². The lowest BCUT2D eigenvalue weighted by Gasteiger charge is -2.22. The third-order valence-corrected chi connectivity index (χ3v) is 3.93. The zero-order chi connectivity index (χ0) is 14.8. The van der Waals surface area contributed by atoms with Gasteiger partial charge in [-0.3, -0.25) is 9.59 Å². The third kappa shape index (κ3) is 2.61. The minimum Gasteiger partial charge on any atom is -0.506 e. The van der Waals surface area contributed by atoms with Gasteiger partial charge in [-0.1, -0.05) is 19.3 Å². The predicted octanol–water partition coefficient (Wildman–Crippen LogP) is 1.69. The van der Waals surface area contributed by atoms with Crippen LogP contribution in [0.3, 0.4) is 0 Å². The van der Waals surface area contributed by atoms with Crippen molar-refractivity contribution in [2.24, 2.45) is 0 Å². The van der Waals surface area contributed by atoms with E-state index in [0.717, 1.165) is 25.7 Å². The van der Waals surface area contributed by atoms with E-state index >= 15 is 0 Å². The molecule has 1 aliphatic carbocycles. The molecule has 110 valence electrons. The van der Waals surface area contributed by atoms with E-state index in [2.05, 4.69) is 15.3 Å². The number of aromatic hydroxyl groups is 1. The summed E-state index contributed by atoms with van der Waals surface area (Å²) in [6, 6.07) is 3.34. The second-order valence-electron chi connectivity index (χ2n) is 5.39. The highest BCUT2D eigenvalue weighted by molar-refractivity contribution is 6.01. The first kappa shape index (κ1) is 13.6. The summed E-state index contributed by atoms with van der Waals surface area (Å²) in [7, 11) is 0. The van der Waals surface area contributed by atoms with E-state index in [4.69, 9.17) is 0 Å². The zero-order valence-electron chi connectivity index (χ0n) is 11.6. The number of nitrogens with zero attached hydrogens (tertiary/aromatic N) is 1. The normalized spacial score (nSPS) is 16.0. The van der Waals surface area contributed by atoms with Gasteiger partial charge in [0.25, 0.3) is 11.5 Å². The van der Waals surface area contributed by atoms with Crippen molar-refractivity contribution < 1.29 is 9.90 Å². The molecule has 1 aliphatic rings. The number of fused-ring (bicyclic) bond motifs is 1. The molecule has 2 heterocycles. The molecule has 0 saturated heterocycles. The summed E-state index contributed by atoms with van der Waals surface area (Å²) in [5.74, 6) is -0.832. The molecule has 2 aromatic heterocycles. The fourth-order valence-electron chi connectivity index (χ4n) is 2.82. The summed E-state index contributed by atoms with van der Waals surface area (Å²) in [5.41, 5.74) is -0.581. The number of carbonyl (C=O) groups is 1. The summed E-state index contributed by atoms with van der Waals surface area (Å²) in [4.78, 5) is 30.8. The number of amides is 1. The Labute approximate surface area is 121 Å². The van der Waals surface area contributed by atoms with Gasteiger partial charge >= 0.3 is 0 Å². The van der Waals surface area contributed by atoms with Crippen molar-refractivity contribution in [1.82, 2.24) is 15.3 Å². The quantitative estimate of drug-likeness (QED) is 0.783. The topological polar surface area (TPSA) is 95.1 Å². The second-order valence-corrected chi connectivity index (χ2v) is 5.39. The highest BCUT2D eigenvalue weighted by atomic mass is 16.3. The van der Waals surface area contributed by atoms with Gasteiger partial charge in [-0.25, -0.2) is 4.98 Å². The summed E-state index contributed by atoms with van der Waals surface area (Å²) < 4.78 is 0. The Balaban J connectivity index is 1.95. The average molecular weight is 287 g/mol. The van der Waals surface area contributed by atoms with Crippen molar-refractivity contribution in [2.75, 3.05) is 0 Å². The molecular formula is C15H17N3O3. The molecule has 0 atom stereocenters. The Morgan fingerprint density at radius 1 is 1.33 bits per heavy atom. The van der Waals surface area contributed by atoms with Crippen LogP contribution in [0.5, 0.6) is 5.75 Å². The van der Waals surface area contributed by atoms with Gasteiger partial charge in [-0.05, 0) is 25.0 Å². The minimum absolute atomic E-state index is 0.0784. The summed E-state index contributed by atoms with van der Waals surface area (Å²) in [6.07, 6.45) is 6.68. The van der Waals surface area contributed by atoms with Crippen LogP contribution in [-0.2, 0) is 0 Å². The van der Waals surface area contributed by atoms with Crippen molar-refractivity contribution in [1.29, 1.82) is 0 Å². The molecule has 2 aromatic rings. The molecule has 1 saturated carbocycles. The fourth-order valence-corrected chi connectivity index (χ4v) is 2.82. The van der Waals surface area contributed by atoms with Gasteiger partial charge in [0.15, 0.2) is 0 Å². The molecule has 1 amide bonds. The lowest BCUT2D eigenvalue weighted by atomic mass is 9.95. The van der Waals surface area contributed by atoms with Crippen LogP contribution in [0.2, 0.25) is 0 Å². The monoisotopic (exact) mass is 287 g/mol. The molecule has 3 rings (SSSR count). The van der Waals surface area contributed by atoms with E-state index in [1.807, 2.05) is 0 Å². The summed E-state index contributed by atoms with van der Waals surface area (Å²) >= 11 is 0. The average Bonchev–Trinajstić information content (AvgIpc) is 2.48. The Hall–Kier alpha value is -2.37. The number of H-pyrrole nitrogens is 1. The van der Waals surface area contributed by atoms with Crippen LogP contribution >= 0.6 is 0 Å². The van der Waals surface area contributed by atoms with Crippen molar-refractivity contribution in [3.63, 3.8) is 0 Å². The number of rotatable bonds is 2. The molecule has 21 heavy (non-hydrogen) atoms. The number of hydrogen-bond acceptors (Lipinski definition) is 4.